The molecule has 0 spiro atoms. The minimum absolute atomic E-state index is 0.0564. The van der Waals surface area contributed by atoms with Gasteiger partial charge < -0.3 is 16.2 Å². The Morgan fingerprint density at radius 1 is 1.86 bits per heavy atom. The van der Waals surface area contributed by atoms with Crippen LogP contribution in [0, 0.1) is 0 Å². The minimum atomic E-state index is -0.106. The van der Waals surface area contributed by atoms with Gasteiger partial charge in [0.25, 0.3) is 0 Å². The molecule has 4 N–H and O–H groups in total. The smallest absolute Gasteiger partial charge is 0.0594 e. The first-order valence-electron chi connectivity index (χ1n) is 2.32. The molecule has 0 heterocycles. The highest BCUT2D eigenvalue weighted by Gasteiger charge is 1.93. The molecule has 3 heteroatoms. The van der Waals surface area contributed by atoms with Crippen LogP contribution in [0.5, 0.6) is 0 Å². The molecule has 0 aliphatic rings. The van der Waals surface area contributed by atoms with E-state index < -0.39 is 0 Å². The summed E-state index contributed by atoms with van der Waals surface area (Å²) in [4.78, 5) is 0. The molecule has 44 valence electrons. The molecule has 7 heavy (non-hydrogen) atoms. The third-order valence-corrected chi connectivity index (χ3v) is 0.701. The molecule has 0 fully saturated rings. The van der Waals surface area contributed by atoms with Crippen LogP contribution in [-0.2, 0) is 0 Å². The van der Waals surface area contributed by atoms with E-state index in [4.69, 9.17) is 10.8 Å². The average Bonchev–Trinajstić information content (AvgIpc) is 1.68. The van der Waals surface area contributed by atoms with E-state index in [1.54, 1.807) is 7.05 Å². The molecule has 0 aromatic heterocycles. The molecular weight excluding hydrogens is 92.1 g/mol. The minimum Gasteiger partial charge on any atom is -0.395 e. The van der Waals surface area contributed by atoms with Crippen molar-refractivity contribution in [3.8, 4) is 0 Å². The highest BCUT2D eigenvalue weighted by molar-refractivity contribution is 4.58. The van der Waals surface area contributed by atoms with Gasteiger partial charge in [0.15, 0.2) is 0 Å². The molecular formula is C4H12N2O. The van der Waals surface area contributed by atoms with E-state index in [0.29, 0.717) is 6.54 Å². The summed E-state index contributed by atoms with van der Waals surface area (Å²) < 4.78 is 0. The zero-order valence-electron chi connectivity index (χ0n) is 4.52. The Labute approximate surface area is 43.5 Å². The number of rotatable bonds is 3. The number of aliphatic hydroxyl groups excluding tert-OH is 1. The normalized spacial score (nSPS) is 14.1. The molecule has 0 aliphatic carbocycles. The molecule has 0 saturated carbocycles. The maximum absolute atomic E-state index is 8.30. The molecule has 0 saturated heterocycles. The second-order valence-electron chi connectivity index (χ2n) is 1.50. The summed E-state index contributed by atoms with van der Waals surface area (Å²) in [5.74, 6) is 0. The van der Waals surface area contributed by atoms with Crippen molar-refractivity contribution in [2.75, 3.05) is 20.2 Å². The quantitative estimate of drug-likeness (QED) is 0.409. The molecule has 0 rings (SSSR count). The Morgan fingerprint density at radius 3 is 2.57 bits per heavy atom. The van der Waals surface area contributed by atoms with Gasteiger partial charge in [0, 0.05) is 12.6 Å². The van der Waals surface area contributed by atoms with Crippen LogP contribution in [-0.4, -0.2) is 31.3 Å². The second kappa shape index (κ2) is 4.05. The van der Waals surface area contributed by atoms with E-state index in [-0.39, 0.29) is 12.6 Å². The van der Waals surface area contributed by atoms with Crippen LogP contribution in [0.4, 0.5) is 0 Å². The van der Waals surface area contributed by atoms with Crippen molar-refractivity contribution in [1.82, 2.24) is 5.32 Å². The van der Waals surface area contributed by atoms with Crippen LogP contribution in [0.15, 0.2) is 0 Å². The predicted octanol–water partition coefficient (Wildman–Crippen LogP) is -1.47. The van der Waals surface area contributed by atoms with E-state index in [1.165, 1.54) is 0 Å². The first-order chi connectivity index (χ1) is 3.31. The number of hydrogen-bond acceptors (Lipinski definition) is 3. The molecule has 1 atom stereocenters. The van der Waals surface area contributed by atoms with Gasteiger partial charge in [-0.2, -0.15) is 0 Å². The van der Waals surface area contributed by atoms with Crippen molar-refractivity contribution in [2.45, 2.75) is 6.04 Å². The van der Waals surface area contributed by atoms with Gasteiger partial charge in [0.05, 0.1) is 6.61 Å². The molecule has 0 aromatic rings. The zero-order chi connectivity index (χ0) is 5.70. The standard InChI is InChI=1S/C4H12N2O/c1-6-2-4(5)3-7/h4,6-7H,2-3,5H2,1H3/t4-/m1/s1. The Morgan fingerprint density at radius 2 is 2.43 bits per heavy atom. The first-order valence-corrected chi connectivity index (χ1v) is 2.32. The third-order valence-electron chi connectivity index (χ3n) is 0.701. The van der Waals surface area contributed by atoms with Gasteiger partial charge in [0.1, 0.15) is 0 Å². The summed E-state index contributed by atoms with van der Waals surface area (Å²) in [6.07, 6.45) is 0. The maximum atomic E-state index is 8.30. The van der Waals surface area contributed by atoms with E-state index >= 15 is 0 Å². The van der Waals surface area contributed by atoms with E-state index in [9.17, 15) is 0 Å². The topological polar surface area (TPSA) is 58.3 Å². The predicted molar refractivity (Wildman–Crippen MR) is 29.0 cm³/mol. The zero-order valence-corrected chi connectivity index (χ0v) is 4.52. The number of nitrogens with two attached hydrogens (primary N) is 1. The van der Waals surface area contributed by atoms with Gasteiger partial charge in [-0.15, -0.1) is 0 Å². The lowest BCUT2D eigenvalue weighted by molar-refractivity contribution is 0.264. The van der Waals surface area contributed by atoms with Crippen LogP contribution in [0.2, 0.25) is 0 Å². The molecule has 0 aromatic carbocycles. The van der Waals surface area contributed by atoms with Crippen molar-refractivity contribution in [3.05, 3.63) is 0 Å². The fourth-order valence-corrected chi connectivity index (χ4v) is 0.327. The lowest BCUT2D eigenvalue weighted by atomic mass is 10.3. The van der Waals surface area contributed by atoms with Crippen LogP contribution in [0.25, 0.3) is 0 Å². The van der Waals surface area contributed by atoms with Crippen molar-refractivity contribution >= 4 is 0 Å². The highest BCUT2D eigenvalue weighted by atomic mass is 16.3. The Balaban J connectivity index is 2.83. The molecule has 0 amide bonds. The lowest BCUT2D eigenvalue weighted by Crippen LogP contribution is -2.34. The van der Waals surface area contributed by atoms with Crippen molar-refractivity contribution in [2.24, 2.45) is 5.73 Å². The van der Waals surface area contributed by atoms with E-state index in [0.717, 1.165) is 0 Å². The largest absolute Gasteiger partial charge is 0.395 e. The fraction of sp³-hybridized carbons (Fsp3) is 1.00. The number of nitrogens with one attached hydrogen (secondary N) is 1. The fourth-order valence-electron chi connectivity index (χ4n) is 0.327. The van der Waals surface area contributed by atoms with Gasteiger partial charge in [0.2, 0.25) is 0 Å². The Kier molecular flexibility index (Phi) is 3.98. The SMILES string of the molecule is CNC[C@@H](N)CO. The van der Waals surface area contributed by atoms with Crippen LogP contribution >= 0.6 is 0 Å². The van der Waals surface area contributed by atoms with E-state index in [1.807, 2.05) is 0 Å². The van der Waals surface area contributed by atoms with E-state index in [2.05, 4.69) is 5.32 Å². The summed E-state index contributed by atoms with van der Waals surface area (Å²) in [7, 11) is 1.80. The molecule has 0 aliphatic heterocycles. The molecule has 0 unspecified atom stereocenters. The average molecular weight is 104 g/mol. The highest BCUT2D eigenvalue weighted by Crippen LogP contribution is 1.67. The van der Waals surface area contributed by atoms with Gasteiger partial charge in [-0.3, -0.25) is 0 Å². The Hall–Kier alpha value is -0.120. The van der Waals surface area contributed by atoms with Gasteiger partial charge in [-0.25, -0.2) is 0 Å². The summed E-state index contributed by atoms with van der Waals surface area (Å²) in [6.45, 7) is 0.733. The van der Waals surface area contributed by atoms with Gasteiger partial charge in [-0.05, 0) is 7.05 Å². The van der Waals surface area contributed by atoms with Crippen LogP contribution in [0.1, 0.15) is 0 Å². The maximum Gasteiger partial charge on any atom is 0.0594 e. The summed E-state index contributed by atoms with van der Waals surface area (Å²) in [5, 5.41) is 11.1. The van der Waals surface area contributed by atoms with Crippen LogP contribution < -0.4 is 11.1 Å². The van der Waals surface area contributed by atoms with Crippen molar-refractivity contribution in [3.63, 3.8) is 0 Å². The molecule has 3 nitrogen and oxygen atoms in total. The molecule has 0 bridgehead atoms. The monoisotopic (exact) mass is 104 g/mol. The Bertz CT molecular complexity index is 40.7. The van der Waals surface area contributed by atoms with Crippen molar-refractivity contribution in [1.29, 1.82) is 0 Å². The van der Waals surface area contributed by atoms with Gasteiger partial charge >= 0.3 is 0 Å². The third kappa shape index (κ3) is 3.72. The summed E-state index contributed by atoms with van der Waals surface area (Å²) in [6, 6.07) is -0.106. The van der Waals surface area contributed by atoms with Crippen molar-refractivity contribution < 1.29 is 5.11 Å². The first kappa shape index (κ1) is 6.88. The van der Waals surface area contributed by atoms with Gasteiger partial charge in [-0.1, -0.05) is 0 Å². The van der Waals surface area contributed by atoms with Crippen LogP contribution in [0.3, 0.4) is 0 Å². The number of likely N-dealkylation sites (N-methyl/N-ethyl adjacent to an activating group) is 1. The summed E-state index contributed by atoms with van der Waals surface area (Å²) >= 11 is 0. The summed E-state index contributed by atoms with van der Waals surface area (Å²) in [5.41, 5.74) is 5.27. The second-order valence-corrected chi connectivity index (χ2v) is 1.50. The lowest BCUT2D eigenvalue weighted by Gasteiger charge is -2.03. The number of aliphatic hydroxyl groups is 1. The molecule has 0 radical (unpaired) electrons. The number of hydrogen-bond donors (Lipinski definition) is 3.